The maximum Gasteiger partial charge on any atom is 0.143 e. The van der Waals surface area contributed by atoms with Gasteiger partial charge in [0, 0.05) is 6.42 Å². The number of allylic oxidation sites excluding steroid dienone is 1. The van der Waals surface area contributed by atoms with Crippen LogP contribution in [-0.2, 0) is 9.59 Å². The summed E-state index contributed by atoms with van der Waals surface area (Å²) in [7, 11) is 0. The van der Waals surface area contributed by atoms with Gasteiger partial charge in [-0.3, -0.25) is 9.59 Å². The second kappa shape index (κ2) is 9.38. The predicted octanol–water partition coefficient (Wildman–Crippen LogP) is 4.92. The molecule has 20 heavy (non-hydrogen) atoms. The molecule has 0 saturated heterocycles. The summed E-state index contributed by atoms with van der Waals surface area (Å²) in [5.74, 6) is 0.890. The number of rotatable bonds is 7. The first-order chi connectivity index (χ1) is 9.49. The Labute approximate surface area is 127 Å². The van der Waals surface area contributed by atoms with E-state index in [4.69, 9.17) is 0 Å². The van der Waals surface area contributed by atoms with Gasteiger partial charge in [0.2, 0.25) is 0 Å². The molecular weight excluding hydrogens is 268 g/mol. The lowest BCUT2D eigenvalue weighted by molar-refractivity contribution is -0.121. The normalized spacial score (nSPS) is 18.9. The first-order valence-electron chi connectivity index (χ1n) is 7.83. The van der Waals surface area contributed by atoms with E-state index >= 15 is 0 Å². The quantitative estimate of drug-likeness (QED) is 0.668. The molecule has 1 saturated carbocycles. The molecule has 114 valence electrons. The Balaban J connectivity index is 2.43. The van der Waals surface area contributed by atoms with Gasteiger partial charge in [-0.1, -0.05) is 51.5 Å². The molecule has 0 aromatic rings. The molecule has 1 unspecified atom stereocenters. The number of Topliss-reactive ketones (excluding diaryl/α,β-unsaturated/α-hetero) is 2. The molecule has 1 rings (SSSR count). The van der Waals surface area contributed by atoms with Gasteiger partial charge in [0.1, 0.15) is 11.6 Å². The van der Waals surface area contributed by atoms with E-state index in [9.17, 15) is 9.59 Å². The molecular formula is C17H28O2S. The van der Waals surface area contributed by atoms with Gasteiger partial charge < -0.3 is 0 Å². The van der Waals surface area contributed by atoms with Crippen molar-refractivity contribution in [3.63, 3.8) is 0 Å². The Bertz CT molecular complexity index is 341. The zero-order chi connectivity index (χ0) is 15.0. The van der Waals surface area contributed by atoms with Crippen molar-refractivity contribution < 1.29 is 9.59 Å². The fourth-order valence-electron chi connectivity index (χ4n) is 2.85. The van der Waals surface area contributed by atoms with Crippen molar-refractivity contribution >= 4 is 23.3 Å². The average molecular weight is 296 g/mol. The molecule has 0 amide bonds. The zero-order valence-corrected chi connectivity index (χ0v) is 13.8. The Kier molecular flexibility index (Phi) is 8.20. The lowest BCUT2D eigenvalue weighted by Gasteiger charge is -2.21. The van der Waals surface area contributed by atoms with E-state index in [0.29, 0.717) is 6.42 Å². The SMILES string of the molecule is C=C(CC1CCCCCCC1)SC(CC(C)=O)C(C)=O. The van der Waals surface area contributed by atoms with Crippen molar-refractivity contribution in [2.24, 2.45) is 5.92 Å². The Morgan fingerprint density at radius 3 is 2.15 bits per heavy atom. The standard InChI is InChI=1S/C17H28O2S/c1-13(18)11-17(15(3)19)20-14(2)12-16-9-7-5-4-6-8-10-16/h16-17H,2,4-12H2,1,3H3. The smallest absolute Gasteiger partial charge is 0.143 e. The summed E-state index contributed by atoms with van der Waals surface area (Å²) < 4.78 is 0. The largest absolute Gasteiger partial charge is 0.300 e. The third kappa shape index (κ3) is 7.28. The predicted molar refractivity (Wildman–Crippen MR) is 86.9 cm³/mol. The van der Waals surface area contributed by atoms with Gasteiger partial charge in [-0.25, -0.2) is 0 Å². The molecule has 0 aromatic carbocycles. The van der Waals surface area contributed by atoms with Crippen molar-refractivity contribution in [2.45, 2.75) is 76.9 Å². The van der Waals surface area contributed by atoms with Crippen LogP contribution in [0.3, 0.4) is 0 Å². The van der Waals surface area contributed by atoms with Crippen LogP contribution in [-0.4, -0.2) is 16.8 Å². The van der Waals surface area contributed by atoms with Gasteiger partial charge in [0.15, 0.2) is 0 Å². The molecule has 0 aromatic heterocycles. The van der Waals surface area contributed by atoms with Crippen LogP contribution in [0.2, 0.25) is 0 Å². The Morgan fingerprint density at radius 2 is 1.65 bits per heavy atom. The molecule has 1 aliphatic carbocycles. The van der Waals surface area contributed by atoms with Crippen LogP contribution in [0, 0.1) is 5.92 Å². The van der Waals surface area contributed by atoms with Crippen LogP contribution in [0.4, 0.5) is 0 Å². The van der Waals surface area contributed by atoms with Gasteiger partial charge >= 0.3 is 0 Å². The zero-order valence-electron chi connectivity index (χ0n) is 13.0. The number of ketones is 2. The Morgan fingerprint density at radius 1 is 1.10 bits per heavy atom. The van der Waals surface area contributed by atoms with E-state index in [0.717, 1.165) is 17.2 Å². The first kappa shape index (κ1) is 17.5. The highest BCUT2D eigenvalue weighted by Gasteiger charge is 2.20. The second-order valence-corrected chi connectivity index (χ2v) is 7.46. The van der Waals surface area contributed by atoms with Gasteiger partial charge in [-0.15, -0.1) is 11.8 Å². The van der Waals surface area contributed by atoms with Gasteiger partial charge in [0.25, 0.3) is 0 Å². The summed E-state index contributed by atoms with van der Waals surface area (Å²) in [6, 6.07) is 0. The second-order valence-electron chi connectivity index (χ2n) is 6.08. The van der Waals surface area contributed by atoms with Crippen LogP contribution in [0.5, 0.6) is 0 Å². The van der Waals surface area contributed by atoms with Crippen molar-refractivity contribution in [2.75, 3.05) is 0 Å². The molecule has 3 heteroatoms. The van der Waals surface area contributed by atoms with Gasteiger partial charge in [-0.2, -0.15) is 0 Å². The Hall–Kier alpha value is -0.570. The van der Waals surface area contributed by atoms with Gasteiger partial charge in [-0.05, 0) is 31.1 Å². The third-order valence-electron chi connectivity index (χ3n) is 3.98. The lowest BCUT2D eigenvalue weighted by Crippen LogP contribution is -2.17. The molecule has 0 radical (unpaired) electrons. The minimum absolute atomic E-state index is 0.0800. The number of hydrogen-bond acceptors (Lipinski definition) is 3. The number of thioether (sulfide) groups is 1. The van der Waals surface area contributed by atoms with E-state index in [2.05, 4.69) is 6.58 Å². The summed E-state index contributed by atoms with van der Waals surface area (Å²) in [4.78, 5) is 23.9. The van der Waals surface area contributed by atoms with Crippen molar-refractivity contribution in [1.82, 2.24) is 0 Å². The number of carbonyl (C=O) groups is 2. The lowest BCUT2D eigenvalue weighted by atomic mass is 9.89. The van der Waals surface area contributed by atoms with Crippen LogP contribution in [0.1, 0.15) is 71.6 Å². The van der Waals surface area contributed by atoms with E-state index < -0.39 is 0 Å². The molecule has 0 spiro atoms. The summed E-state index contributed by atoms with van der Waals surface area (Å²) >= 11 is 1.52. The summed E-state index contributed by atoms with van der Waals surface area (Å²) in [5.41, 5.74) is 0. The summed E-state index contributed by atoms with van der Waals surface area (Å²) in [5, 5.41) is -0.228. The summed E-state index contributed by atoms with van der Waals surface area (Å²) in [6.45, 7) is 7.25. The van der Waals surface area contributed by atoms with E-state index in [-0.39, 0.29) is 16.8 Å². The van der Waals surface area contributed by atoms with E-state index in [1.165, 1.54) is 56.7 Å². The van der Waals surface area contributed by atoms with Crippen molar-refractivity contribution in [1.29, 1.82) is 0 Å². The van der Waals surface area contributed by atoms with Crippen LogP contribution in [0.15, 0.2) is 11.5 Å². The number of carbonyl (C=O) groups excluding carboxylic acids is 2. The fraction of sp³-hybridized carbons (Fsp3) is 0.765. The van der Waals surface area contributed by atoms with Crippen LogP contribution < -0.4 is 0 Å². The molecule has 0 N–H and O–H groups in total. The fourth-order valence-corrected chi connectivity index (χ4v) is 4.06. The first-order valence-corrected chi connectivity index (χ1v) is 8.71. The van der Waals surface area contributed by atoms with Crippen LogP contribution >= 0.6 is 11.8 Å². The minimum atomic E-state index is -0.228. The molecule has 2 nitrogen and oxygen atoms in total. The molecule has 0 aliphatic heterocycles. The van der Waals surface area contributed by atoms with E-state index in [1.807, 2.05) is 0 Å². The molecule has 0 bridgehead atoms. The maximum absolute atomic E-state index is 11.6. The van der Waals surface area contributed by atoms with E-state index in [1.54, 1.807) is 13.8 Å². The molecule has 0 heterocycles. The highest BCUT2D eigenvalue weighted by atomic mass is 32.2. The van der Waals surface area contributed by atoms with Crippen LogP contribution in [0.25, 0.3) is 0 Å². The molecule has 1 fully saturated rings. The van der Waals surface area contributed by atoms with Gasteiger partial charge in [0.05, 0.1) is 5.25 Å². The highest BCUT2D eigenvalue weighted by Crippen LogP contribution is 2.33. The minimum Gasteiger partial charge on any atom is -0.300 e. The molecule has 1 atom stereocenters. The monoisotopic (exact) mass is 296 g/mol. The van der Waals surface area contributed by atoms with Crippen molar-refractivity contribution in [3.8, 4) is 0 Å². The average Bonchev–Trinajstić information content (AvgIpc) is 2.31. The topological polar surface area (TPSA) is 34.1 Å². The number of hydrogen-bond donors (Lipinski definition) is 0. The summed E-state index contributed by atoms with van der Waals surface area (Å²) in [6.07, 6.45) is 10.7. The van der Waals surface area contributed by atoms with Crippen molar-refractivity contribution in [3.05, 3.63) is 11.5 Å². The third-order valence-corrected chi connectivity index (χ3v) is 5.26. The molecule has 1 aliphatic rings. The maximum atomic E-state index is 11.6. The highest BCUT2D eigenvalue weighted by molar-refractivity contribution is 8.04.